The first-order valence-electron chi connectivity index (χ1n) is 6.34. The van der Waals surface area contributed by atoms with Crippen molar-refractivity contribution in [2.45, 2.75) is 6.92 Å². The summed E-state index contributed by atoms with van der Waals surface area (Å²) < 4.78 is 18.8. The number of hydrogen-bond acceptors (Lipinski definition) is 3. The predicted molar refractivity (Wildman–Crippen MR) is 81.5 cm³/mol. The van der Waals surface area contributed by atoms with E-state index in [1.54, 1.807) is 18.2 Å². The highest BCUT2D eigenvalue weighted by Gasteiger charge is 2.20. The molecule has 0 aliphatic rings. The molecule has 0 aliphatic heterocycles. The molecular formula is C16H12ClFN2O. The van der Waals surface area contributed by atoms with Gasteiger partial charge >= 0.3 is 0 Å². The summed E-state index contributed by atoms with van der Waals surface area (Å²) >= 11 is 6.14. The first-order chi connectivity index (χ1) is 10.1. The molecule has 5 heteroatoms. The number of benzene rings is 2. The highest BCUT2D eigenvalue weighted by atomic mass is 35.5. The molecule has 3 aromatic rings. The summed E-state index contributed by atoms with van der Waals surface area (Å²) in [7, 11) is 0. The average molecular weight is 303 g/mol. The van der Waals surface area contributed by atoms with E-state index >= 15 is 0 Å². The Bertz CT molecular complexity index is 814. The first kappa shape index (κ1) is 13.6. The second kappa shape index (κ2) is 5.22. The molecule has 3 nitrogen and oxygen atoms in total. The number of rotatable bonds is 2. The van der Waals surface area contributed by atoms with Crippen molar-refractivity contribution in [2.24, 2.45) is 0 Å². The number of nitrogens with zero attached hydrogens (tertiary/aromatic N) is 1. The van der Waals surface area contributed by atoms with Crippen molar-refractivity contribution >= 4 is 17.4 Å². The van der Waals surface area contributed by atoms with Gasteiger partial charge in [-0.05, 0) is 36.2 Å². The largest absolute Gasteiger partial charge is 0.380 e. The van der Waals surface area contributed by atoms with Crippen LogP contribution in [0.25, 0.3) is 22.5 Å². The second-order valence-electron chi connectivity index (χ2n) is 4.69. The monoisotopic (exact) mass is 302 g/mol. The highest BCUT2D eigenvalue weighted by molar-refractivity contribution is 6.31. The topological polar surface area (TPSA) is 52.0 Å². The van der Waals surface area contributed by atoms with Gasteiger partial charge in [0.2, 0.25) is 0 Å². The Morgan fingerprint density at radius 2 is 1.95 bits per heavy atom. The molecule has 0 atom stereocenters. The SMILES string of the molecule is Cc1c(Cl)cccc1-c1onc(N)c1-c1cccc(F)c1. The van der Waals surface area contributed by atoms with Crippen LogP contribution in [0.5, 0.6) is 0 Å². The first-order valence-corrected chi connectivity index (χ1v) is 6.72. The van der Waals surface area contributed by atoms with Crippen molar-refractivity contribution in [3.63, 3.8) is 0 Å². The summed E-state index contributed by atoms with van der Waals surface area (Å²) in [4.78, 5) is 0. The molecule has 0 saturated heterocycles. The maximum atomic E-state index is 13.5. The van der Waals surface area contributed by atoms with Crippen molar-refractivity contribution in [3.05, 3.63) is 58.9 Å². The lowest BCUT2D eigenvalue weighted by Crippen LogP contribution is -1.90. The Morgan fingerprint density at radius 3 is 2.71 bits per heavy atom. The van der Waals surface area contributed by atoms with Gasteiger partial charge in [-0.25, -0.2) is 4.39 Å². The van der Waals surface area contributed by atoms with E-state index in [0.29, 0.717) is 21.9 Å². The predicted octanol–water partition coefficient (Wildman–Crippen LogP) is 4.69. The van der Waals surface area contributed by atoms with Gasteiger partial charge in [0.25, 0.3) is 0 Å². The minimum atomic E-state index is -0.345. The van der Waals surface area contributed by atoms with E-state index < -0.39 is 0 Å². The van der Waals surface area contributed by atoms with E-state index in [-0.39, 0.29) is 11.6 Å². The number of nitrogen functional groups attached to an aromatic ring is 1. The quantitative estimate of drug-likeness (QED) is 0.747. The number of anilines is 1. The molecule has 0 aliphatic carbocycles. The molecule has 0 unspecified atom stereocenters. The van der Waals surface area contributed by atoms with Gasteiger partial charge in [0.05, 0.1) is 5.56 Å². The maximum absolute atomic E-state index is 13.5. The van der Waals surface area contributed by atoms with Crippen molar-refractivity contribution in [1.82, 2.24) is 5.16 Å². The van der Waals surface area contributed by atoms with E-state index in [9.17, 15) is 4.39 Å². The fourth-order valence-corrected chi connectivity index (χ4v) is 2.44. The van der Waals surface area contributed by atoms with Gasteiger partial charge in [-0.15, -0.1) is 0 Å². The van der Waals surface area contributed by atoms with Crippen LogP contribution in [0.15, 0.2) is 47.0 Å². The number of nitrogens with two attached hydrogens (primary N) is 1. The normalized spacial score (nSPS) is 10.8. The summed E-state index contributed by atoms with van der Waals surface area (Å²) in [6, 6.07) is 11.6. The van der Waals surface area contributed by atoms with Crippen molar-refractivity contribution in [1.29, 1.82) is 0 Å². The van der Waals surface area contributed by atoms with Crippen LogP contribution in [0.1, 0.15) is 5.56 Å². The number of aromatic nitrogens is 1. The zero-order chi connectivity index (χ0) is 15.0. The molecule has 0 bridgehead atoms. The van der Waals surface area contributed by atoms with Crippen molar-refractivity contribution < 1.29 is 8.91 Å². The zero-order valence-corrected chi connectivity index (χ0v) is 12.0. The molecule has 0 fully saturated rings. The van der Waals surface area contributed by atoms with Gasteiger partial charge in [-0.1, -0.05) is 41.0 Å². The molecule has 2 N–H and O–H groups in total. The smallest absolute Gasteiger partial charge is 0.177 e. The molecule has 106 valence electrons. The Hall–Kier alpha value is -2.33. The number of hydrogen-bond donors (Lipinski definition) is 1. The molecular weight excluding hydrogens is 291 g/mol. The van der Waals surface area contributed by atoms with Gasteiger partial charge < -0.3 is 10.3 Å². The lowest BCUT2D eigenvalue weighted by molar-refractivity contribution is 0.436. The lowest BCUT2D eigenvalue weighted by Gasteiger charge is -2.07. The Balaban J connectivity index is 2.24. The van der Waals surface area contributed by atoms with Gasteiger partial charge in [0, 0.05) is 10.6 Å². The fourth-order valence-electron chi connectivity index (χ4n) is 2.26. The molecule has 1 aromatic heterocycles. The van der Waals surface area contributed by atoms with E-state index in [2.05, 4.69) is 5.16 Å². The van der Waals surface area contributed by atoms with E-state index in [1.165, 1.54) is 12.1 Å². The summed E-state index contributed by atoms with van der Waals surface area (Å²) in [6.07, 6.45) is 0. The average Bonchev–Trinajstić information content (AvgIpc) is 2.83. The Morgan fingerprint density at radius 1 is 1.19 bits per heavy atom. The maximum Gasteiger partial charge on any atom is 0.177 e. The Labute approximate surface area is 126 Å². The third-order valence-corrected chi connectivity index (χ3v) is 3.75. The summed E-state index contributed by atoms with van der Waals surface area (Å²) in [6.45, 7) is 1.88. The molecule has 21 heavy (non-hydrogen) atoms. The van der Waals surface area contributed by atoms with Crippen LogP contribution in [0, 0.1) is 12.7 Å². The molecule has 1 heterocycles. The lowest BCUT2D eigenvalue weighted by atomic mass is 9.98. The molecule has 0 spiro atoms. The molecule has 0 saturated carbocycles. The fraction of sp³-hybridized carbons (Fsp3) is 0.0625. The highest BCUT2D eigenvalue weighted by Crippen LogP contribution is 2.39. The van der Waals surface area contributed by atoms with Crippen LogP contribution in [0.3, 0.4) is 0 Å². The minimum absolute atomic E-state index is 0.218. The van der Waals surface area contributed by atoms with Crippen LogP contribution in [-0.2, 0) is 0 Å². The van der Waals surface area contributed by atoms with Crippen molar-refractivity contribution in [2.75, 3.05) is 5.73 Å². The molecule has 2 aromatic carbocycles. The second-order valence-corrected chi connectivity index (χ2v) is 5.10. The van der Waals surface area contributed by atoms with Gasteiger partial charge in [-0.2, -0.15) is 0 Å². The van der Waals surface area contributed by atoms with Crippen LogP contribution >= 0.6 is 11.6 Å². The van der Waals surface area contributed by atoms with E-state index in [0.717, 1.165) is 11.1 Å². The van der Waals surface area contributed by atoms with E-state index in [1.807, 2.05) is 19.1 Å². The Kier molecular flexibility index (Phi) is 3.39. The van der Waals surface area contributed by atoms with Gasteiger partial charge in [-0.3, -0.25) is 0 Å². The zero-order valence-electron chi connectivity index (χ0n) is 11.2. The van der Waals surface area contributed by atoms with E-state index in [4.69, 9.17) is 21.9 Å². The third kappa shape index (κ3) is 2.38. The summed E-state index contributed by atoms with van der Waals surface area (Å²) in [5, 5.41) is 4.43. The molecule has 0 radical (unpaired) electrons. The standard InChI is InChI=1S/C16H12ClFN2O/c1-9-12(6-3-7-13(9)17)15-14(16(19)20-21-15)10-4-2-5-11(18)8-10/h2-8H,1H3,(H2,19,20). The molecule has 0 amide bonds. The van der Waals surface area contributed by atoms with Crippen molar-refractivity contribution in [3.8, 4) is 22.5 Å². The van der Waals surface area contributed by atoms with Crippen LogP contribution < -0.4 is 5.73 Å². The summed E-state index contributed by atoms with van der Waals surface area (Å²) in [5.41, 5.74) is 8.71. The van der Waals surface area contributed by atoms with Crippen LogP contribution in [0.2, 0.25) is 5.02 Å². The van der Waals surface area contributed by atoms with Crippen LogP contribution in [-0.4, -0.2) is 5.16 Å². The van der Waals surface area contributed by atoms with Gasteiger partial charge in [0.1, 0.15) is 5.82 Å². The van der Waals surface area contributed by atoms with Crippen LogP contribution in [0.4, 0.5) is 10.2 Å². The molecule has 3 rings (SSSR count). The summed E-state index contributed by atoms with van der Waals surface area (Å²) in [5.74, 6) is 0.356. The third-order valence-electron chi connectivity index (χ3n) is 3.34. The number of halogens is 2. The van der Waals surface area contributed by atoms with Gasteiger partial charge in [0.15, 0.2) is 11.6 Å². The minimum Gasteiger partial charge on any atom is -0.380 e.